The Kier molecular flexibility index (Phi) is 16.0. The summed E-state index contributed by atoms with van der Waals surface area (Å²) in [6.45, 7) is 2.33. The van der Waals surface area contributed by atoms with E-state index < -0.39 is 84.9 Å². The van der Waals surface area contributed by atoms with Gasteiger partial charge >= 0.3 is 0 Å². The van der Waals surface area contributed by atoms with Crippen LogP contribution in [-0.2, 0) is 23.7 Å². The summed E-state index contributed by atoms with van der Waals surface area (Å²) in [6.07, 6.45) is -6.90. The number of likely N-dealkylation sites (N-methyl/N-ethyl adjacent to an activating group) is 1. The van der Waals surface area contributed by atoms with Gasteiger partial charge < -0.3 is 83.4 Å². The Hall–Kier alpha value is -1.63. The lowest BCUT2D eigenvalue weighted by Gasteiger charge is -2.49. The highest BCUT2D eigenvalue weighted by molar-refractivity contribution is 5.80. The normalized spacial score (nSPS) is 37.5. The van der Waals surface area contributed by atoms with Crippen molar-refractivity contribution in [2.45, 2.75) is 112 Å². The van der Waals surface area contributed by atoms with Gasteiger partial charge in [-0.25, -0.2) is 5.43 Å². The average Bonchev–Trinajstić information content (AvgIpc) is 3.03. The minimum Gasteiger partial charge on any atom is -0.467 e. The zero-order valence-electron chi connectivity index (χ0n) is 27.2. The number of nitrogens with one attached hydrogen (secondary N) is 5. The van der Waals surface area contributed by atoms with E-state index in [1.54, 1.807) is 7.05 Å². The van der Waals surface area contributed by atoms with Crippen molar-refractivity contribution in [3.63, 3.8) is 0 Å². The Bertz CT molecular complexity index is 985. The van der Waals surface area contributed by atoms with Gasteiger partial charge in [-0.3, -0.25) is 10.2 Å². The number of ether oxygens (including phenoxy) is 4. The fourth-order valence-corrected chi connectivity index (χ4v) is 6.06. The second-order valence-corrected chi connectivity index (χ2v) is 12.5. The van der Waals surface area contributed by atoms with Crippen LogP contribution in [0.4, 0.5) is 0 Å². The third kappa shape index (κ3) is 10.9. The molecule has 0 spiro atoms. The fraction of sp³-hybridized carbons (Fsp3) is 0.893. The Labute approximate surface area is 275 Å². The number of hydrazine groups is 1. The number of carbonyl (C=O) groups excluding carboxylic acids is 1. The van der Waals surface area contributed by atoms with E-state index in [0.29, 0.717) is 25.1 Å². The molecule has 1 amide bonds. The first-order valence-electron chi connectivity index (χ1n) is 16.1. The first kappa shape index (κ1) is 39.8. The second kappa shape index (κ2) is 18.9. The molecule has 13 atom stereocenters. The van der Waals surface area contributed by atoms with Gasteiger partial charge in [-0.2, -0.15) is 0 Å². The maximum atomic E-state index is 13.0. The maximum Gasteiger partial charge on any atom is 0.249 e. The zero-order valence-corrected chi connectivity index (χ0v) is 27.2. The van der Waals surface area contributed by atoms with Crippen molar-refractivity contribution in [2.24, 2.45) is 22.9 Å². The number of aliphatic hydroxyl groups is 5. The van der Waals surface area contributed by atoms with Crippen LogP contribution in [0.3, 0.4) is 0 Å². The molecule has 0 radical (unpaired) electrons. The molecule has 3 aliphatic rings. The van der Waals surface area contributed by atoms with Crippen molar-refractivity contribution in [3.8, 4) is 0 Å². The van der Waals surface area contributed by atoms with E-state index in [9.17, 15) is 30.3 Å². The van der Waals surface area contributed by atoms with Gasteiger partial charge in [0.2, 0.25) is 12.2 Å². The van der Waals surface area contributed by atoms with Crippen molar-refractivity contribution in [1.82, 2.24) is 26.8 Å². The summed E-state index contributed by atoms with van der Waals surface area (Å²) < 4.78 is 24.1. The molecule has 19 nitrogen and oxygen atoms in total. The lowest BCUT2D eigenvalue weighted by molar-refractivity contribution is -0.304. The Morgan fingerprint density at radius 1 is 1.09 bits per heavy atom. The van der Waals surface area contributed by atoms with E-state index in [4.69, 9.17) is 41.9 Å². The molecule has 18 N–H and O–H groups in total. The topological polar surface area (TPSA) is 319 Å². The van der Waals surface area contributed by atoms with Gasteiger partial charge in [0.1, 0.15) is 41.9 Å². The molecule has 2 heterocycles. The molecule has 274 valence electrons. The Balaban J connectivity index is 1.81. The van der Waals surface area contributed by atoms with Crippen LogP contribution in [0.5, 0.6) is 0 Å². The maximum absolute atomic E-state index is 13.0. The van der Waals surface area contributed by atoms with Crippen LogP contribution in [0.25, 0.3) is 0 Å². The number of amides is 1. The van der Waals surface area contributed by atoms with Gasteiger partial charge in [0.25, 0.3) is 0 Å². The van der Waals surface area contributed by atoms with Gasteiger partial charge in [-0.05, 0) is 52.3 Å². The summed E-state index contributed by atoms with van der Waals surface area (Å²) in [4.78, 5) is 13.0. The lowest BCUT2D eigenvalue weighted by atomic mass is 9.83. The standard InChI is InChI=1S/C28H57N9O10/c1-28(43)12-44-27(21(41)24(28)33-2)47-23-18(37-25(42)19(39)6-8-35-36-13-31)9-16(32)22(20(23)40)46-26-17(4-3-15(10-30)45-26)34-11-14(38)5-7-29/h3,14,16-24,26-27,33-36,38-41,43H,4-13,29-32H2,1-2H3,(H,37,42)/t14?,16-,17+,18+,19-,20-,21+,22?,23-,24+,26+,27+,28-/m0/s1. The van der Waals surface area contributed by atoms with Gasteiger partial charge in [0.05, 0.1) is 44.0 Å². The monoisotopic (exact) mass is 679 g/mol. The highest BCUT2D eigenvalue weighted by Gasteiger charge is 2.52. The van der Waals surface area contributed by atoms with Crippen LogP contribution < -0.4 is 49.7 Å². The molecule has 2 unspecified atom stereocenters. The van der Waals surface area contributed by atoms with E-state index in [2.05, 4.69) is 26.8 Å². The van der Waals surface area contributed by atoms with E-state index in [1.165, 1.54) is 6.92 Å². The molecule has 1 aliphatic carbocycles. The second-order valence-electron chi connectivity index (χ2n) is 12.5. The molecule has 0 aromatic heterocycles. The number of rotatable bonds is 18. The molecule has 3 rings (SSSR count). The van der Waals surface area contributed by atoms with Crippen LogP contribution in [0.1, 0.15) is 32.6 Å². The fourth-order valence-electron chi connectivity index (χ4n) is 6.06. The van der Waals surface area contributed by atoms with Gasteiger partial charge in [0.15, 0.2) is 6.29 Å². The third-order valence-electron chi connectivity index (χ3n) is 8.65. The van der Waals surface area contributed by atoms with Gasteiger partial charge in [-0.15, -0.1) is 0 Å². The highest BCUT2D eigenvalue weighted by atomic mass is 16.7. The number of aliphatic hydroxyl groups excluding tert-OH is 4. The van der Waals surface area contributed by atoms with Crippen molar-refractivity contribution >= 4 is 5.91 Å². The molecule has 19 heteroatoms. The zero-order chi connectivity index (χ0) is 34.7. The minimum atomic E-state index is -1.50. The van der Waals surface area contributed by atoms with E-state index in [-0.39, 0.29) is 45.8 Å². The summed E-state index contributed by atoms with van der Waals surface area (Å²) in [5.41, 5.74) is 27.3. The smallest absolute Gasteiger partial charge is 0.249 e. The van der Waals surface area contributed by atoms with Gasteiger partial charge in [0, 0.05) is 19.1 Å². The SMILES string of the molecule is CN[C@@H]1[C@@H](O)[C@@H](O[C@H]2[C@H](NC(=O)[C@@H](O)CCNNCN)C[C@H](N)C(O[C@H]3OC(CN)=CC[C@H]3NCC(O)CCN)[C@@H]2O)OC[C@]1(C)O. The number of nitrogens with two attached hydrogens (primary N) is 4. The summed E-state index contributed by atoms with van der Waals surface area (Å²) in [5, 5.41) is 63.0. The van der Waals surface area contributed by atoms with Crippen LogP contribution >= 0.6 is 0 Å². The van der Waals surface area contributed by atoms with Crippen molar-refractivity contribution < 1.29 is 49.3 Å². The Morgan fingerprint density at radius 3 is 2.47 bits per heavy atom. The predicted molar refractivity (Wildman–Crippen MR) is 168 cm³/mol. The van der Waals surface area contributed by atoms with E-state index in [0.717, 1.165) is 0 Å². The van der Waals surface area contributed by atoms with Crippen LogP contribution in [0.15, 0.2) is 11.8 Å². The molecule has 1 saturated carbocycles. The molecule has 0 bridgehead atoms. The first-order chi connectivity index (χ1) is 22.4. The summed E-state index contributed by atoms with van der Waals surface area (Å²) >= 11 is 0. The molecule has 1 saturated heterocycles. The third-order valence-corrected chi connectivity index (χ3v) is 8.65. The number of hydrogen-bond donors (Lipinski definition) is 14. The van der Waals surface area contributed by atoms with Gasteiger partial charge in [-0.1, -0.05) is 0 Å². The summed E-state index contributed by atoms with van der Waals surface area (Å²) in [6, 6.07) is -3.10. The largest absolute Gasteiger partial charge is 0.467 e. The lowest BCUT2D eigenvalue weighted by Crippen LogP contribution is -2.69. The first-order valence-corrected chi connectivity index (χ1v) is 16.1. The van der Waals surface area contributed by atoms with Crippen molar-refractivity contribution in [3.05, 3.63) is 11.8 Å². The van der Waals surface area contributed by atoms with E-state index in [1.807, 2.05) is 6.08 Å². The molecular formula is C28H57N9O10. The average molecular weight is 680 g/mol. The molecule has 2 aliphatic heterocycles. The summed E-state index contributed by atoms with van der Waals surface area (Å²) in [7, 11) is 1.57. The molecule has 2 fully saturated rings. The highest BCUT2D eigenvalue weighted by Crippen LogP contribution is 2.32. The minimum absolute atomic E-state index is 0.0352. The number of carbonyl (C=O) groups is 1. The van der Waals surface area contributed by atoms with E-state index >= 15 is 0 Å². The number of hydrogen-bond acceptors (Lipinski definition) is 18. The summed E-state index contributed by atoms with van der Waals surface area (Å²) in [5.74, 6) is -0.256. The predicted octanol–water partition coefficient (Wildman–Crippen LogP) is -6.59. The van der Waals surface area contributed by atoms with Crippen LogP contribution in [0.2, 0.25) is 0 Å². The molecular weight excluding hydrogens is 622 g/mol. The molecule has 47 heavy (non-hydrogen) atoms. The molecule has 0 aromatic carbocycles. The molecule has 0 aromatic rings. The quantitative estimate of drug-likeness (QED) is 0.0364. The van der Waals surface area contributed by atoms with Crippen LogP contribution in [-0.4, -0.2) is 157 Å². The Morgan fingerprint density at radius 2 is 1.81 bits per heavy atom. The van der Waals surface area contributed by atoms with Crippen LogP contribution in [0, 0.1) is 0 Å². The van der Waals surface area contributed by atoms with Crippen molar-refractivity contribution in [1.29, 1.82) is 0 Å². The van der Waals surface area contributed by atoms with Crippen molar-refractivity contribution in [2.75, 3.05) is 46.5 Å².